The van der Waals surface area contributed by atoms with Gasteiger partial charge >= 0.3 is 6.18 Å². The van der Waals surface area contributed by atoms with Gasteiger partial charge in [-0.2, -0.15) is 18.3 Å². The highest BCUT2D eigenvalue weighted by Crippen LogP contribution is 2.37. The van der Waals surface area contributed by atoms with Crippen molar-refractivity contribution in [2.24, 2.45) is 12.8 Å². The molecule has 5 nitrogen and oxygen atoms in total. The number of hydrogen-bond acceptors (Lipinski definition) is 4. The molecule has 160 valence electrons. The second-order valence-electron chi connectivity index (χ2n) is 6.91. The summed E-state index contributed by atoms with van der Waals surface area (Å²) in [6, 6.07) is 6.16. The predicted molar refractivity (Wildman–Crippen MR) is 112 cm³/mol. The lowest BCUT2D eigenvalue weighted by Gasteiger charge is -2.17. The lowest BCUT2D eigenvalue weighted by atomic mass is 10.0. The molecule has 1 atom stereocenters. The number of nitrogens with one attached hydrogen (secondary N) is 1. The van der Waals surface area contributed by atoms with E-state index in [-0.39, 0.29) is 18.9 Å². The van der Waals surface area contributed by atoms with Crippen molar-refractivity contribution in [1.82, 2.24) is 15.1 Å². The third kappa shape index (κ3) is 4.85. The van der Waals surface area contributed by atoms with E-state index < -0.39 is 17.8 Å². The van der Waals surface area contributed by atoms with Crippen molar-refractivity contribution in [3.8, 4) is 11.3 Å². The Kier molecular flexibility index (Phi) is 6.54. The third-order valence-electron chi connectivity index (χ3n) is 4.64. The second kappa shape index (κ2) is 8.79. The molecule has 0 fully saturated rings. The highest BCUT2D eigenvalue weighted by atomic mass is 35.5. The monoisotopic (exact) mass is 456 g/mol. The lowest BCUT2D eigenvalue weighted by molar-refractivity contribution is -0.137. The number of thiophene rings is 1. The number of rotatable bonds is 6. The Labute approximate surface area is 180 Å². The molecular formula is C20H20ClF3N4OS. The van der Waals surface area contributed by atoms with E-state index >= 15 is 0 Å². The van der Waals surface area contributed by atoms with Gasteiger partial charge in [0.05, 0.1) is 22.3 Å². The molecule has 2 aromatic heterocycles. The zero-order valence-corrected chi connectivity index (χ0v) is 17.8. The Morgan fingerprint density at radius 3 is 2.70 bits per heavy atom. The molecule has 3 N–H and O–H groups in total. The van der Waals surface area contributed by atoms with E-state index in [1.807, 2.05) is 6.92 Å². The van der Waals surface area contributed by atoms with Crippen molar-refractivity contribution in [2.45, 2.75) is 25.6 Å². The third-order valence-corrected chi connectivity index (χ3v) is 6.00. The highest BCUT2D eigenvalue weighted by Gasteiger charge is 2.30. The summed E-state index contributed by atoms with van der Waals surface area (Å²) in [6.07, 6.45) is -2.53. The number of halogens is 4. The van der Waals surface area contributed by atoms with Gasteiger partial charge in [0.15, 0.2) is 0 Å². The van der Waals surface area contributed by atoms with E-state index in [0.29, 0.717) is 20.3 Å². The maximum atomic E-state index is 12.9. The van der Waals surface area contributed by atoms with E-state index in [1.54, 1.807) is 30.1 Å². The summed E-state index contributed by atoms with van der Waals surface area (Å²) in [5.41, 5.74) is 7.90. The normalized spacial score (nSPS) is 12.8. The molecule has 30 heavy (non-hydrogen) atoms. The molecule has 0 aliphatic heterocycles. The quantitative estimate of drug-likeness (QED) is 0.576. The lowest BCUT2D eigenvalue weighted by Crippen LogP contribution is -2.41. The molecule has 1 unspecified atom stereocenters. The van der Waals surface area contributed by atoms with Gasteiger partial charge in [-0.15, -0.1) is 11.3 Å². The summed E-state index contributed by atoms with van der Waals surface area (Å²) < 4.78 is 40.9. The minimum atomic E-state index is -4.43. The summed E-state index contributed by atoms with van der Waals surface area (Å²) in [4.78, 5) is 13.1. The van der Waals surface area contributed by atoms with Crippen molar-refractivity contribution >= 4 is 28.8 Å². The van der Waals surface area contributed by atoms with Crippen LogP contribution in [0.1, 0.15) is 26.4 Å². The largest absolute Gasteiger partial charge is 0.416 e. The maximum Gasteiger partial charge on any atom is 0.416 e. The molecule has 0 aliphatic rings. The summed E-state index contributed by atoms with van der Waals surface area (Å²) in [5.74, 6) is -0.379. The molecule has 0 aliphatic carbocycles. The van der Waals surface area contributed by atoms with Crippen LogP contribution in [0.15, 0.2) is 36.5 Å². The summed E-state index contributed by atoms with van der Waals surface area (Å²) in [6.45, 7) is 1.98. The Balaban J connectivity index is 1.76. The molecule has 1 aromatic carbocycles. The van der Waals surface area contributed by atoms with Gasteiger partial charge in [-0.05, 0) is 36.6 Å². The molecule has 3 rings (SSSR count). The van der Waals surface area contributed by atoms with Crippen molar-refractivity contribution in [3.63, 3.8) is 0 Å². The molecule has 0 radical (unpaired) electrons. The maximum absolute atomic E-state index is 12.9. The topological polar surface area (TPSA) is 72.9 Å². The van der Waals surface area contributed by atoms with E-state index in [4.69, 9.17) is 17.3 Å². The van der Waals surface area contributed by atoms with Crippen LogP contribution in [0.3, 0.4) is 0 Å². The van der Waals surface area contributed by atoms with Crippen LogP contribution < -0.4 is 11.1 Å². The number of nitrogens with zero attached hydrogens (tertiary/aromatic N) is 2. The van der Waals surface area contributed by atoms with Crippen LogP contribution in [0.5, 0.6) is 0 Å². The molecule has 0 saturated heterocycles. The van der Waals surface area contributed by atoms with Crippen LogP contribution in [0.4, 0.5) is 13.2 Å². The van der Waals surface area contributed by atoms with Crippen LogP contribution in [0, 0.1) is 6.92 Å². The Morgan fingerprint density at radius 2 is 2.10 bits per heavy atom. The van der Waals surface area contributed by atoms with Gasteiger partial charge < -0.3 is 11.1 Å². The molecule has 3 aromatic rings. The Bertz CT molecular complexity index is 1040. The van der Waals surface area contributed by atoms with Crippen molar-refractivity contribution in [2.75, 3.05) is 6.54 Å². The van der Waals surface area contributed by atoms with E-state index in [2.05, 4.69) is 10.4 Å². The SMILES string of the molecule is Cc1cnn(C)c1-c1cc(C(=O)NC(CN)Cc2cccc(C(F)(F)F)c2)sc1Cl. The Morgan fingerprint density at radius 1 is 1.37 bits per heavy atom. The first-order chi connectivity index (χ1) is 14.1. The number of carbonyl (C=O) groups excluding carboxylic acids is 1. The van der Waals surface area contributed by atoms with E-state index in [1.165, 1.54) is 6.07 Å². The van der Waals surface area contributed by atoms with Crippen molar-refractivity contribution < 1.29 is 18.0 Å². The van der Waals surface area contributed by atoms with Crippen molar-refractivity contribution in [3.05, 3.63) is 62.4 Å². The molecule has 2 heterocycles. The van der Waals surface area contributed by atoms with Gasteiger partial charge in [0.2, 0.25) is 0 Å². The molecule has 0 saturated carbocycles. The second-order valence-corrected chi connectivity index (χ2v) is 8.56. The molecule has 0 bridgehead atoms. The van der Waals surface area contributed by atoms with Crippen LogP contribution in [-0.4, -0.2) is 28.3 Å². The van der Waals surface area contributed by atoms with Gasteiger partial charge in [-0.1, -0.05) is 29.8 Å². The first-order valence-corrected chi connectivity index (χ1v) is 10.2. The minimum Gasteiger partial charge on any atom is -0.347 e. The number of aromatic nitrogens is 2. The average molecular weight is 457 g/mol. The van der Waals surface area contributed by atoms with Gasteiger partial charge in [0.1, 0.15) is 4.34 Å². The van der Waals surface area contributed by atoms with Gasteiger partial charge in [0, 0.05) is 25.2 Å². The average Bonchev–Trinajstić information content (AvgIpc) is 3.22. The number of benzene rings is 1. The predicted octanol–water partition coefficient (Wildman–Crippen LogP) is 4.43. The van der Waals surface area contributed by atoms with Crippen LogP contribution in [0.25, 0.3) is 11.3 Å². The zero-order valence-electron chi connectivity index (χ0n) is 16.3. The standard InChI is InChI=1S/C20H20ClF3N4OS/c1-11-10-26-28(2)17(11)15-8-16(30-18(15)21)19(29)27-14(9-25)7-12-4-3-5-13(6-12)20(22,23)24/h3-6,8,10,14H,7,9,25H2,1-2H3,(H,27,29). The van der Waals surface area contributed by atoms with Crippen LogP contribution in [-0.2, 0) is 19.6 Å². The number of aryl methyl sites for hydroxylation is 2. The minimum absolute atomic E-state index is 0.0782. The van der Waals surface area contributed by atoms with E-state index in [9.17, 15) is 18.0 Å². The fourth-order valence-electron chi connectivity index (χ4n) is 3.19. The molecular weight excluding hydrogens is 437 g/mol. The van der Waals surface area contributed by atoms with Crippen LogP contribution in [0.2, 0.25) is 4.34 Å². The first kappa shape index (κ1) is 22.3. The number of carbonyl (C=O) groups is 1. The fourth-order valence-corrected chi connectivity index (χ4v) is 4.37. The number of hydrogen-bond donors (Lipinski definition) is 2. The highest BCUT2D eigenvalue weighted by molar-refractivity contribution is 7.18. The smallest absolute Gasteiger partial charge is 0.347 e. The van der Waals surface area contributed by atoms with Crippen molar-refractivity contribution in [1.29, 1.82) is 0 Å². The number of alkyl halides is 3. The summed E-state index contributed by atoms with van der Waals surface area (Å²) in [5, 5.41) is 6.97. The first-order valence-electron chi connectivity index (χ1n) is 9.05. The van der Waals surface area contributed by atoms with E-state index in [0.717, 1.165) is 34.7 Å². The van der Waals surface area contributed by atoms with Crippen LogP contribution >= 0.6 is 22.9 Å². The number of amides is 1. The molecule has 10 heteroatoms. The van der Waals surface area contributed by atoms with Gasteiger partial charge in [-0.3, -0.25) is 9.48 Å². The molecule has 1 amide bonds. The number of nitrogens with two attached hydrogens (primary N) is 1. The van der Waals surface area contributed by atoms with Gasteiger partial charge in [-0.25, -0.2) is 0 Å². The zero-order chi connectivity index (χ0) is 22.1. The molecule has 0 spiro atoms. The Hall–Kier alpha value is -2.36. The summed E-state index contributed by atoms with van der Waals surface area (Å²) in [7, 11) is 1.79. The fraction of sp³-hybridized carbons (Fsp3) is 0.300. The summed E-state index contributed by atoms with van der Waals surface area (Å²) >= 11 is 7.48. The van der Waals surface area contributed by atoms with Gasteiger partial charge in [0.25, 0.3) is 5.91 Å².